The van der Waals surface area contributed by atoms with E-state index < -0.39 is 16.1 Å². The van der Waals surface area contributed by atoms with Crippen LogP contribution in [-0.4, -0.2) is 8.42 Å². The fraction of sp³-hybridized carbons (Fsp3) is 0.167. The Kier molecular flexibility index (Phi) is 3.79. The third-order valence-electron chi connectivity index (χ3n) is 2.46. The number of halogens is 1. The molecule has 1 aromatic heterocycles. The van der Waals surface area contributed by atoms with Crippen molar-refractivity contribution >= 4 is 21.4 Å². The normalized spacial score (nSPS) is 13.4. The minimum Gasteiger partial charge on any atom is -0.207 e. The minimum absolute atomic E-state index is 0.275. The van der Waals surface area contributed by atoms with Crippen LogP contribution in [0.5, 0.6) is 0 Å². The zero-order valence-electron chi connectivity index (χ0n) is 9.63. The van der Waals surface area contributed by atoms with E-state index in [2.05, 4.69) is 4.72 Å². The second kappa shape index (κ2) is 5.17. The highest BCUT2D eigenvalue weighted by atomic mass is 32.2. The van der Waals surface area contributed by atoms with E-state index >= 15 is 0 Å². The van der Waals surface area contributed by atoms with Gasteiger partial charge in [0.1, 0.15) is 10.0 Å². The molecule has 1 N–H and O–H groups in total. The molecule has 96 valence electrons. The molecule has 3 nitrogen and oxygen atoms in total. The molecule has 1 heterocycles. The summed E-state index contributed by atoms with van der Waals surface area (Å²) in [6, 6.07) is 8.58. The first-order valence-electron chi connectivity index (χ1n) is 5.30. The number of nitrogens with one attached hydrogen (secondary N) is 1. The van der Waals surface area contributed by atoms with E-state index in [0.29, 0.717) is 0 Å². The van der Waals surface area contributed by atoms with Gasteiger partial charge in [0, 0.05) is 6.04 Å². The smallest absolute Gasteiger partial charge is 0.207 e. The fourth-order valence-electron chi connectivity index (χ4n) is 1.53. The van der Waals surface area contributed by atoms with Gasteiger partial charge < -0.3 is 0 Å². The Morgan fingerprint density at radius 1 is 1.22 bits per heavy atom. The summed E-state index contributed by atoms with van der Waals surface area (Å²) < 4.78 is 39.5. The third kappa shape index (κ3) is 2.95. The maximum Gasteiger partial charge on any atom is 0.250 e. The number of thiophene rings is 1. The van der Waals surface area contributed by atoms with Crippen LogP contribution in [0.1, 0.15) is 18.5 Å². The Hall–Kier alpha value is -1.24. The summed E-state index contributed by atoms with van der Waals surface area (Å²) in [5.41, 5.74) is 0.719. The van der Waals surface area contributed by atoms with Gasteiger partial charge in [0.05, 0.1) is 0 Å². The van der Waals surface area contributed by atoms with E-state index in [9.17, 15) is 12.8 Å². The quantitative estimate of drug-likeness (QED) is 0.939. The Labute approximate surface area is 109 Å². The number of sulfonamides is 1. The molecule has 0 saturated heterocycles. The van der Waals surface area contributed by atoms with Crippen molar-refractivity contribution in [1.82, 2.24) is 4.72 Å². The van der Waals surface area contributed by atoms with Crippen LogP contribution in [0.25, 0.3) is 0 Å². The maximum absolute atomic E-state index is 12.8. The fourth-order valence-corrected chi connectivity index (χ4v) is 3.77. The van der Waals surface area contributed by atoms with Crippen LogP contribution in [0, 0.1) is 5.82 Å². The number of hydrogen-bond acceptors (Lipinski definition) is 3. The molecule has 0 aliphatic carbocycles. The standard InChI is InChI=1S/C12H12FNO2S2/c1-9(10-4-6-11(13)7-5-10)14-18(15,16)12-3-2-8-17-12/h2-9,14H,1H3/t9-/m0/s1. The van der Waals surface area contributed by atoms with Crippen LogP contribution in [0.15, 0.2) is 46.0 Å². The van der Waals surface area contributed by atoms with Crippen LogP contribution in [0.3, 0.4) is 0 Å². The van der Waals surface area contributed by atoms with E-state index in [4.69, 9.17) is 0 Å². The van der Waals surface area contributed by atoms with E-state index in [-0.39, 0.29) is 10.0 Å². The van der Waals surface area contributed by atoms with Crippen molar-refractivity contribution in [3.8, 4) is 0 Å². The second-order valence-corrected chi connectivity index (χ2v) is 6.72. The molecule has 0 fully saturated rings. The highest BCUT2D eigenvalue weighted by Crippen LogP contribution is 2.20. The predicted molar refractivity (Wildman–Crippen MR) is 69.5 cm³/mol. The molecule has 0 spiro atoms. The monoisotopic (exact) mass is 285 g/mol. The van der Waals surface area contributed by atoms with Gasteiger partial charge in [-0.15, -0.1) is 11.3 Å². The van der Waals surface area contributed by atoms with Gasteiger partial charge in [0.15, 0.2) is 0 Å². The number of rotatable bonds is 4. The Morgan fingerprint density at radius 3 is 2.44 bits per heavy atom. The number of hydrogen-bond donors (Lipinski definition) is 1. The van der Waals surface area contributed by atoms with Crippen LogP contribution in [0.2, 0.25) is 0 Å². The van der Waals surface area contributed by atoms with Gasteiger partial charge in [-0.25, -0.2) is 17.5 Å². The molecule has 0 radical (unpaired) electrons. The van der Waals surface area contributed by atoms with E-state index in [1.54, 1.807) is 36.6 Å². The number of benzene rings is 1. The van der Waals surface area contributed by atoms with Gasteiger partial charge in [-0.3, -0.25) is 0 Å². The van der Waals surface area contributed by atoms with Crippen molar-refractivity contribution in [2.75, 3.05) is 0 Å². The lowest BCUT2D eigenvalue weighted by Crippen LogP contribution is -2.26. The molecule has 0 unspecified atom stereocenters. The summed E-state index contributed by atoms with van der Waals surface area (Å²) in [4.78, 5) is 0. The molecule has 0 saturated carbocycles. The van der Waals surface area contributed by atoms with Crippen LogP contribution in [0.4, 0.5) is 4.39 Å². The van der Waals surface area contributed by atoms with Gasteiger partial charge in [0.25, 0.3) is 10.0 Å². The Balaban J connectivity index is 2.17. The van der Waals surface area contributed by atoms with Crippen molar-refractivity contribution < 1.29 is 12.8 Å². The molecule has 1 aromatic carbocycles. The molecule has 2 aromatic rings. The lowest BCUT2D eigenvalue weighted by Gasteiger charge is -2.13. The first-order valence-corrected chi connectivity index (χ1v) is 7.66. The average molecular weight is 285 g/mol. The van der Waals surface area contributed by atoms with Crippen molar-refractivity contribution in [1.29, 1.82) is 0 Å². The lowest BCUT2D eigenvalue weighted by molar-refractivity contribution is 0.568. The minimum atomic E-state index is -3.50. The van der Waals surface area contributed by atoms with Crippen molar-refractivity contribution in [2.45, 2.75) is 17.2 Å². The zero-order chi connectivity index (χ0) is 13.2. The van der Waals surface area contributed by atoms with E-state index in [1.165, 1.54) is 12.1 Å². The topological polar surface area (TPSA) is 46.2 Å². The van der Waals surface area contributed by atoms with E-state index in [1.807, 2.05) is 0 Å². The first kappa shape index (κ1) is 13.2. The zero-order valence-corrected chi connectivity index (χ0v) is 11.3. The Bertz CT molecular complexity index is 606. The SMILES string of the molecule is C[C@H](NS(=O)(=O)c1cccs1)c1ccc(F)cc1. The highest BCUT2D eigenvalue weighted by molar-refractivity contribution is 7.91. The molecule has 18 heavy (non-hydrogen) atoms. The molecule has 0 bridgehead atoms. The maximum atomic E-state index is 12.8. The van der Waals surface area contributed by atoms with Crippen molar-refractivity contribution in [3.05, 3.63) is 53.2 Å². The van der Waals surface area contributed by atoms with Gasteiger partial charge in [-0.2, -0.15) is 0 Å². The summed E-state index contributed by atoms with van der Waals surface area (Å²) in [6.45, 7) is 1.72. The molecule has 2 rings (SSSR count). The van der Waals surface area contributed by atoms with Crippen LogP contribution >= 0.6 is 11.3 Å². The molecule has 0 aliphatic heterocycles. The van der Waals surface area contributed by atoms with Gasteiger partial charge in [-0.05, 0) is 36.1 Å². The largest absolute Gasteiger partial charge is 0.250 e. The molecular weight excluding hydrogens is 273 g/mol. The molecular formula is C12H12FNO2S2. The summed E-state index contributed by atoms with van der Waals surface area (Å²) in [5, 5.41) is 1.71. The van der Waals surface area contributed by atoms with Crippen LogP contribution < -0.4 is 4.72 Å². The highest BCUT2D eigenvalue weighted by Gasteiger charge is 2.18. The van der Waals surface area contributed by atoms with Crippen LogP contribution in [-0.2, 0) is 10.0 Å². The predicted octanol–water partition coefficient (Wildman–Crippen LogP) is 2.93. The van der Waals surface area contributed by atoms with Gasteiger partial charge in [-0.1, -0.05) is 18.2 Å². The van der Waals surface area contributed by atoms with E-state index in [0.717, 1.165) is 16.9 Å². The summed E-state index contributed by atoms with van der Waals surface area (Å²) in [6.07, 6.45) is 0. The molecule has 1 atom stereocenters. The molecule has 0 amide bonds. The third-order valence-corrected chi connectivity index (χ3v) is 5.40. The summed E-state index contributed by atoms with van der Waals surface area (Å²) in [7, 11) is -3.50. The lowest BCUT2D eigenvalue weighted by atomic mass is 10.1. The molecule has 0 aliphatic rings. The average Bonchev–Trinajstić information content (AvgIpc) is 2.83. The Morgan fingerprint density at radius 2 is 1.89 bits per heavy atom. The summed E-state index contributed by atoms with van der Waals surface area (Å²) in [5.74, 6) is -0.341. The van der Waals surface area contributed by atoms with Crippen molar-refractivity contribution in [2.24, 2.45) is 0 Å². The molecule has 6 heteroatoms. The first-order chi connectivity index (χ1) is 8.49. The second-order valence-electron chi connectivity index (χ2n) is 3.83. The summed E-state index contributed by atoms with van der Waals surface area (Å²) >= 11 is 1.16. The van der Waals surface area contributed by atoms with Crippen molar-refractivity contribution in [3.63, 3.8) is 0 Å². The van der Waals surface area contributed by atoms with Gasteiger partial charge in [0.2, 0.25) is 0 Å². The van der Waals surface area contributed by atoms with Gasteiger partial charge >= 0.3 is 0 Å².